The number of fused-ring (bicyclic) bond motifs is 1. The molecule has 1 amide bonds. The van der Waals surface area contributed by atoms with Gasteiger partial charge in [0.05, 0.1) is 5.71 Å². The Bertz CT molecular complexity index is 1160. The Morgan fingerprint density at radius 1 is 1.17 bits per heavy atom. The van der Waals surface area contributed by atoms with Gasteiger partial charge >= 0.3 is 0 Å². The van der Waals surface area contributed by atoms with Gasteiger partial charge in [-0.1, -0.05) is 5.16 Å². The molecule has 0 saturated carbocycles. The van der Waals surface area contributed by atoms with Crippen LogP contribution in [-0.2, 0) is 16.2 Å². The van der Waals surface area contributed by atoms with Gasteiger partial charge in [0.1, 0.15) is 30.1 Å². The fourth-order valence-corrected chi connectivity index (χ4v) is 5.49. The number of nitrogens with zero attached hydrogens (tertiary/aromatic N) is 4. The minimum absolute atomic E-state index is 0.161. The smallest absolute Gasteiger partial charge is 0.260 e. The average Bonchev–Trinajstić information content (AvgIpc) is 2.86. The number of nitrogens with two attached hydrogens (primary N) is 1. The van der Waals surface area contributed by atoms with Crippen LogP contribution in [0.3, 0.4) is 0 Å². The summed E-state index contributed by atoms with van der Waals surface area (Å²) in [6, 6.07) is 8.05. The molecule has 2 fully saturated rings. The number of pyridine rings is 1. The maximum absolute atomic E-state index is 15.8. The van der Waals surface area contributed by atoms with E-state index in [1.807, 2.05) is 12.1 Å². The lowest BCUT2D eigenvalue weighted by Gasteiger charge is -2.46. The Kier molecular flexibility index (Phi) is 6.55. The minimum atomic E-state index is -1.86. The number of rotatable bonds is 4. The van der Waals surface area contributed by atoms with Gasteiger partial charge < -0.3 is 20.2 Å². The molecule has 3 aliphatic heterocycles. The van der Waals surface area contributed by atoms with Gasteiger partial charge in [0.2, 0.25) is 0 Å². The second-order valence-corrected chi connectivity index (χ2v) is 9.95. The summed E-state index contributed by atoms with van der Waals surface area (Å²) in [5.74, 6) is 0.194. The third-order valence-corrected chi connectivity index (χ3v) is 7.52. The average molecular weight is 500 g/mol. The number of carbonyl (C=O) groups excluding carboxylic acids is 1. The number of carbonyl (C=O) groups is 1. The Balaban J connectivity index is 1.20. The van der Waals surface area contributed by atoms with E-state index >= 15 is 4.39 Å². The largest absolute Gasteiger partial charge is 0.486 e. The van der Waals surface area contributed by atoms with Crippen molar-refractivity contribution in [3.63, 3.8) is 0 Å². The Morgan fingerprint density at radius 3 is 2.61 bits per heavy atom. The zero-order chi connectivity index (χ0) is 25.3. The standard InChI is InChI=1S/C26H31F2N5O3/c1-35-31-21-16-25(36-22-3-2-19(27)15-20(21)22)5-12-33(13-6-25)24(34)26(28)7-10-32(11-8-26)17-18-4-9-30-23(29)14-18/h2-4,9,14-15H,5-8,10-13,16-17H2,1H3,(H2,29,30). The van der Waals surface area contributed by atoms with Crippen molar-refractivity contribution in [2.75, 3.05) is 39.0 Å². The van der Waals surface area contributed by atoms with E-state index < -0.39 is 17.2 Å². The van der Waals surface area contributed by atoms with E-state index in [-0.39, 0.29) is 18.7 Å². The molecule has 1 aromatic heterocycles. The fourth-order valence-electron chi connectivity index (χ4n) is 5.49. The van der Waals surface area contributed by atoms with Crippen molar-refractivity contribution in [2.45, 2.75) is 49.9 Å². The molecule has 1 spiro atoms. The van der Waals surface area contributed by atoms with Crippen LogP contribution in [0.25, 0.3) is 0 Å². The topological polar surface area (TPSA) is 93.3 Å². The van der Waals surface area contributed by atoms with E-state index in [0.29, 0.717) is 74.8 Å². The molecular weight excluding hydrogens is 468 g/mol. The first-order valence-corrected chi connectivity index (χ1v) is 12.3. The number of hydrogen-bond donors (Lipinski definition) is 1. The Hall–Kier alpha value is -3.27. The van der Waals surface area contributed by atoms with Crippen LogP contribution in [0.15, 0.2) is 41.7 Å². The summed E-state index contributed by atoms with van der Waals surface area (Å²) in [5, 5.41) is 4.11. The minimum Gasteiger partial charge on any atom is -0.486 e. The molecule has 0 unspecified atom stereocenters. The van der Waals surface area contributed by atoms with Crippen LogP contribution in [-0.4, -0.2) is 71.0 Å². The molecule has 192 valence electrons. The number of likely N-dealkylation sites (tertiary alicyclic amines) is 2. The molecule has 4 heterocycles. The van der Waals surface area contributed by atoms with Crippen LogP contribution in [0, 0.1) is 5.82 Å². The quantitative estimate of drug-likeness (QED) is 0.649. The van der Waals surface area contributed by atoms with Crippen molar-refractivity contribution in [3.05, 3.63) is 53.5 Å². The third kappa shape index (κ3) is 4.86. The number of amides is 1. The highest BCUT2D eigenvalue weighted by atomic mass is 19.1. The predicted molar refractivity (Wildman–Crippen MR) is 131 cm³/mol. The second kappa shape index (κ2) is 9.65. The van der Waals surface area contributed by atoms with Gasteiger partial charge in [-0.25, -0.2) is 13.8 Å². The number of anilines is 1. The summed E-state index contributed by atoms with van der Waals surface area (Å²) >= 11 is 0. The van der Waals surface area contributed by atoms with Crippen molar-refractivity contribution in [2.24, 2.45) is 5.16 Å². The first-order valence-electron chi connectivity index (χ1n) is 12.3. The van der Waals surface area contributed by atoms with Crippen molar-refractivity contribution in [1.29, 1.82) is 0 Å². The molecule has 2 aromatic rings. The molecule has 2 N–H and O–H groups in total. The zero-order valence-corrected chi connectivity index (χ0v) is 20.4. The zero-order valence-electron chi connectivity index (χ0n) is 20.4. The normalized spacial score (nSPS) is 22.2. The number of nitrogen functional groups attached to an aromatic ring is 1. The van der Waals surface area contributed by atoms with Crippen molar-refractivity contribution in [3.8, 4) is 5.75 Å². The molecule has 1 aromatic carbocycles. The van der Waals surface area contributed by atoms with E-state index in [0.717, 1.165) is 5.56 Å². The van der Waals surface area contributed by atoms with Gasteiger partial charge in [-0.2, -0.15) is 0 Å². The maximum Gasteiger partial charge on any atom is 0.260 e. The highest BCUT2D eigenvalue weighted by molar-refractivity contribution is 6.04. The van der Waals surface area contributed by atoms with E-state index in [4.69, 9.17) is 15.3 Å². The summed E-state index contributed by atoms with van der Waals surface area (Å²) in [4.78, 5) is 26.0. The number of piperidine rings is 2. The van der Waals surface area contributed by atoms with Gasteiger partial charge in [0, 0.05) is 76.6 Å². The molecule has 3 aliphatic rings. The van der Waals surface area contributed by atoms with Gasteiger partial charge in [-0.3, -0.25) is 9.69 Å². The van der Waals surface area contributed by atoms with Crippen LogP contribution in [0.4, 0.5) is 14.6 Å². The number of alkyl halides is 1. The lowest BCUT2D eigenvalue weighted by molar-refractivity contribution is -0.151. The van der Waals surface area contributed by atoms with Crippen molar-refractivity contribution in [1.82, 2.24) is 14.8 Å². The van der Waals surface area contributed by atoms with Crippen LogP contribution < -0.4 is 10.5 Å². The monoisotopic (exact) mass is 499 g/mol. The van der Waals surface area contributed by atoms with Crippen LogP contribution >= 0.6 is 0 Å². The first-order chi connectivity index (χ1) is 17.3. The molecule has 2 saturated heterocycles. The maximum atomic E-state index is 15.8. The first kappa shape index (κ1) is 24.4. The predicted octanol–water partition coefficient (Wildman–Crippen LogP) is 3.30. The summed E-state index contributed by atoms with van der Waals surface area (Å²) in [5.41, 5.74) is 5.52. The molecular formula is C26H31F2N5O3. The molecule has 5 rings (SSSR count). The van der Waals surface area contributed by atoms with Crippen LogP contribution in [0.1, 0.15) is 43.2 Å². The van der Waals surface area contributed by atoms with E-state index in [1.165, 1.54) is 19.2 Å². The van der Waals surface area contributed by atoms with Crippen LogP contribution in [0.2, 0.25) is 0 Å². The molecule has 10 heteroatoms. The summed E-state index contributed by atoms with van der Waals surface area (Å²) in [6.45, 7) is 2.42. The van der Waals surface area contributed by atoms with E-state index in [1.54, 1.807) is 17.2 Å². The molecule has 0 bridgehead atoms. The number of benzene rings is 1. The van der Waals surface area contributed by atoms with E-state index in [2.05, 4.69) is 15.0 Å². The Morgan fingerprint density at radius 2 is 1.92 bits per heavy atom. The van der Waals surface area contributed by atoms with Gasteiger partial charge in [0.25, 0.3) is 5.91 Å². The molecule has 0 atom stereocenters. The number of oxime groups is 1. The molecule has 0 aliphatic carbocycles. The van der Waals surface area contributed by atoms with Crippen LogP contribution in [0.5, 0.6) is 5.75 Å². The van der Waals surface area contributed by atoms with Crippen molar-refractivity contribution < 1.29 is 23.1 Å². The Labute approximate surface area is 209 Å². The van der Waals surface area contributed by atoms with Gasteiger partial charge in [-0.15, -0.1) is 0 Å². The third-order valence-electron chi connectivity index (χ3n) is 7.52. The number of ether oxygens (including phenoxy) is 1. The highest BCUT2D eigenvalue weighted by Crippen LogP contribution is 2.41. The molecule has 8 nitrogen and oxygen atoms in total. The van der Waals surface area contributed by atoms with E-state index in [9.17, 15) is 9.18 Å². The highest BCUT2D eigenvalue weighted by Gasteiger charge is 2.48. The second-order valence-electron chi connectivity index (χ2n) is 9.95. The summed E-state index contributed by atoms with van der Waals surface area (Å²) < 4.78 is 35.9. The molecule has 0 radical (unpaired) electrons. The summed E-state index contributed by atoms with van der Waals surface area (Å²) in [6.07, 6.45) is 3.49. The summed E-state index contributed by atoms with van der Waals surface area (Å²) in [7, 11) is 1.45. The fraction of sp³-hybridized carbons (Fsp3) is 0.500. The number of aromatic nitrogens is 1. The molecule has 36 heavy (non-hydrogen) atoms. The number of hydrogen-bond acceptors (Lipinski definition) is 7. The SMILES string of the molecule is CON=C1CC2(CCN(C(=O)C3(F)CCN(Cc4ccnc(N)c4)CC3)CC2)Oc2ccc(F)cc21. The van der Waals surface area contributed by atoms with Gasteiger partial charge in [0.15, 0.2) is 5.67 Å². The lowest BCUT2D eigenvalue weighted by atomic mass is 9.81. The van der Waals surface area contributed by atoms with Gasteiger partial charge in [-0.05, 0) is 35.9 Å². The lowest BCUT2D eigenvalue weighted by Crippen LogP contribution is -2.57. The number of halogens is 2. The van der Waals surface area contributed by atoms with Crippen molar-refractivity contribution >= 4 is 17.4 Å².